The smallest absolute Gasteiger partial charge is 0.161 e. The molecule has 2 nitrogen and oxygen atoms in total. The van der Waals surface area contributed by atoms with Crippen LogP contribution in [-0.2, 0) is 4.74 Å². The van der Waals surface area contributed by atoms with Gasteiger partial charge in [0.05, 0.1) is 0 Å². The zero-order valence-corrected chi connectivity index (χ0v) is 8.31. The van der Waals surface area contributed by atoms with Crippen molar-refractivity contribution in [2.45, 2.75) is 45.3 Å². The lowest BCUT2D eigenvalue weighted by Gasteiger charge is -2.36. The molecule has 1 fully saturated rings. The van der Waals surface area contributed by atoms with Gasteiger partial charge in [-0.3, -0.25) is 0 Å². The highest BCUT2D eigenvalue weighted by Gasteiger charge is 2.34. The van der Waals surface area contributed by atoms with Crippen LogP contribution in [0.4, 0.5) is 0 Å². The van der Waals surface area contributed by atoms with E-state index in [2.05, 4.69) is 6.92 Å². The van der Waals surface area contributed by atoms with Crippen molar-refractivity contribution in [3.8, 4) is 0 Å². The van der Waals surface area contributed by atoms with E-state index in [1.807, 2.05) is 0 Å². The first-order valence-corrected chi connectivity index (χ1v) is 5.08. The van der Waals surface area contributed by atoms with Gasteiger partial charge < -0.3 is 9.84 Å². The normalized spacial score (nSPS) is 25.2. The summed E-state index contributed by atoms with van der Waals surface area (Å²) in [5.74, 6) is 0. The summed E-state index contributed by atoms with van der Waals surface area (Å²) < 4.78 is 5.01. The zero-order valence-electron chi connectivity index (χ0n) is 7.55. The maximum atomic E-state index is 9.63. The van der Waals surface area contributed by atoms with Crippen LogP contribution in [0.15, 0.2) is 0 Å². The van der Waals surface area contributed by atoms with Gasteiger partial charge in [0, 0.05) is 5.41 Å². The van der Waals surface area contributed by atoms with E-state index in [0.29, 0.717) is 0 Å². The number of hydrogen-bond acceptors (Lipinski definition) is 2. The molecule has 1 N–H and O–H groups in total. The van der Waals surface area contributed by atoms with E-state index in [-0.39, 0.29) is 11.5 Å². The van der Waals surface area contributed by atoms with Crippen LogP contribution in [0.2, 0.25) is 0 Å². The van der Waals surface area contributed by atoms with Crippen molar-refractivity contribution < 1.29 is 9.84 Å². The van der Waals surface area contributed by atoms with Gasteiger partial charge in [-0.1, -0.05) is 37.8 Å². The number of aliphatic hydroxyl groups excluding tert-OH is 1. The Labute approximate surface area is 78.9 Å². The SMILES string of the molecule is CC1(C(O)OCCl)CCCCC1. The first-order valence-electron chi connectivity index (χ1n) is 4.55. The van der Waals surface area contributed by atoms with Crippen LogP contribution in [0, 0.1) is 5.41 Å². The monoisotopic (exact) mass is 192 g/mol. The Morgan fingerprint density at radius 1 is 1.42 bits per heavy atom. The predicted octanol–water partition coefficient (Wildman–Crippen LogP) is 2.49. The van der Waals surface area contributed by atoms with Crippen LogP contribution in [0.1, 0.15) is 39.0 Å². The third-order valence-electron chi connectivity index (χ3n) is 2.81. The van der Waals surface area contributed by atoms with Crippen LogP contribution in [0.5, 0.6) is 0 Å². The maximum absolute atomic E-state index is 9.63. The maximum Gasteiger partial charge on any atom is 0.161 e. The van der Waals surface area contributed by atoms with Crippen molar-refractivity contribution >= 4 is 11.6 Å². The summed E-state index contributed by atoms with van der Waals surface area (Å²) in [6.45, 7) is 2.07. The summed E-state index contributed by atoms with van der Waals surface area (Å²) in [5.41, 5.74) is -0.0624. The van der Waals surface area contributed by atoms with Gasteiger partial charge >= 0.3 is 0 Å². The van der Waals surface area contributed by atoms with E-state index in [1.54, 1.807) is 0 Å². The van der Waals surface area contributed by atoms with Gasteiger partial charge in [0.1, 0.15) is 6.07 Å². The van der Waals surface area contributed by atoms with E-state index in [9.17, 15) is 5.11 Å². The van der Waals surface area contributed by atoms with Gasteiger partial charge in [-0.25, -0.2) is 0 Å². The molecule has 12 heavy (non-hydrogen) atoms. The van der Waals surface area contributed by atoms with E-state index < -0.39 is 6.29 Å². The van der Waals surface area contributed by atoms with Crippen LogP contribution in [0.25, 0.3) is 0 Å². The number of ether oxygens (including phenoxy) is 1. The summed E-state index contributed by atoms with van der Waals surface area (Å²) >= 11 is 5.40. The number of hydrogen-bond donors (Lipinski definition) is 1. The number of aliphatic hydroxyl groups is 1. The summed E-state index contributed by atoms with van der Waals surface area (Å²) in [4.78, 5) is 0. The molecule has 0 aromatic heterocycles. The lowest BCUT2D eigenvalue weighted by molar-refractivity contribution is -0.168. The van der Waals surface area contributed by atoms with Gasteiger partial charge in [-0.2, -0.15) is 0 Å². The highest BCUT2D eigenvalue weighted by atomic mass is 35.5. The molecule has 72 valence electrons. The average molecular weight is 193 g/mol. The van der Waals surface area contributed by atoms with Crippen LogP contribution >= 0.6 is 11.6 Å². The van der Waals surface area contributed by atoms with E-state index >= 15 is 0 Å². The Balaban J connectivity index is 2.44. The third kappa shape index (κ3) is 2.35. The van der Waals surface area contributed by atoms with E-state index in [4.69, 9.17) is 16.3 Å². The van der Waals surface area contributed by atoms with Crippen LogP contribution < -0.4 is 0 Å². The molecule has 1 atom stereocenters. The topological polar surface area (TPSA) is 29.5 Å². The average Bonchev–Trinajstić information content (AvgIpc) is 2.06. The first kappa shape index (κ1) is 10.3. The van der Waals surface area contributed by atoms with Gasteiger partial charge in [-0.15, -0.1) is 0 Å². The van der Waals surface area contributed by atoms with Crippen LogP contribution in [0.3, 0.4) is 0 Å². The minimum atomic E-state index is -0.685. The van der Waals surface area contributed by atoms with Crippen molar-refractivity contribution in [3.63, 3.8) is 0 Å². The molecule has 0 aliphatic heterocycles. The predicted molar refractivity (Wildman–Crippen MR) is 49.0 cm³/mol. The van der Waals surface area contributed by atoms with Gasteiger partial charge in [0.2, 0.25) is 0 Å². The van der Waals surface area contributed by atoms with Crippen molar-refractivity contribution in [2.75, 3.05) is 6.07 Å². The first-order chi connectivity index (χ1) is 5.69. The second kappa shape index (κ2) is 4.45. The molecule has 3 heteroatoms. The van der Waals surface area contributed by atoms with E-state index in [1.165, 1.54) is 19.3 Å². The standard InChI is InChI=1S/C9H17ClO2/c1-9(8(11)12-7-10)5-3-2-4-6-9/h8,11H,2-7H2,1H3. The quantitative estimate of drug-likeness (QED) is 0.550. The summed E-state index contributed by atoms with van der Waals surface area (Å²) in [6.07, 6.45) is 5.08. The van der Waals surface area contributed by atoms with Gasteiger partial charge in [0.25, 0.3) is 0 Å². The Bertz CT molecular complexity index is 132. The Morgan fingerprint density at radius 3 is 2.50 bits per heavy atom. The molecule has 1 rings (SSSR count). The largest absolute Gasteiger partial charge is 0.367 e. The molecule has 0 bridgehead atoms. The molecule has 1 unspecified atom stereocenters. The molecule has 1 aliphatic rings. The second-order valence-electron chi connectivity index (χ2n) is 3.84. The molecule has 1 aliphatic carbocycles. The summed E-state index contributed by atoms with van der Waals surface area (Å²) in [6, 6.07) is 0.0801. The lowest BCUT2D eigenvalue weighted by Crippen LogP contribution is -2.36. The molecule has 0 saturated heterocycles. The van der Waals surface area contributed by atoms with Crippen LogP contribution in [-0.4, -0.2) is 17.5 Å². The highest BCUT2D eigenvalue weighted by Crippen LogP contribution is 2.39. The third-order valence-corrected chi connectivity index (χ3v) is 2.94. The van der Waals surface area contributed by atoms with Crippen molar-refractivity contribution in [3.05, 3.63) is 0 Å². The number of halogens is 1. The fraction of sp³-hybridized carbons (Fsp3) is 1.00. The molecular weight excluding hydrogens is 176 g/mol. The molecular formula is C9H17ClO2. The number of alkyl halides is 1. The molecule has 0 radical (unpaired) electrons. The Kier molecular flexibility index (Phi) is 3.81. The summed E-state index contributed by atoms with van der Waals surface area (Å²) in [5, 5.41) is 9.63. The minimum absolute atomic E-state index is 0.0624. The Hall–Kier alpha value is 0.210. The molecule has 0 aromatic rings. The molecule has 0 aromatic carbocycles. The molecule has 0 spiro atoms. The molecule has 0 heterocycles. The minimum Gasteiger partial charge on any atom is -0.367 e. The van der Waals surface area contributed by atoms with Gasteiger partial charge in [0.15, 0.2) is 6.29 Å². The highest BCUT2D eigenvalue weighted by molar-refractivity contribution is 6.17. The zero-order chi connectivity index (χ0) is 9.03. The lowest BCUT2D eigenvalue weighted by atomic mass is 9.75. The molecule has 1 saturated carbocycles. The summed E-state index contributed by atoms with van der Waals surface area (Å²) in [7, 11) is 0. The van der Waals surface area contributed by atoms with Crippen molar-refractivity contribution in [1.29, 1.82) is 0 Å². The Morgan fingerprint density at radius 2 is 2.00 bits per heavy atom. The van der Waals surface area contributed by atoms with Crippen molar-refractivity contribution in [2.24, 2.45) is 5.41 Å². The second-order valence-corrected chi connectivity index (χ2v) is 4.06. The fourth-order valence-corrected chi connectivity index (χ4v) is 1.99. The fourth-order valence-electron chi connectivity index (χ4n) is 1.87. The molecule has 0 amide bonds. The number of rotatable bonds is 3. The van der Waals surface area contributed by atoms with E-state index in [0.717, 1.165) is 12.8 Å². The van der Waals surface area contributed by atoms with Crippen molar-refractivity contribution in [1.82, 2.24) is 0 Å². The van der Waals surface area contributed by atoms with Gasteiger partial charge in [-0.05, 0) is 12.8 Å².